The van der Waals surface area contributed by atoms with Crippen molar-refractivity contribution in [2.24, 2.45) is 0 Å². The van der Waals surface area contributed by atoms with E-state index in [1.54, 1.807) is 12.1 Å². The summed E-state index contributed by atoms with van der Waals surface area (Å²) in [4.78, 5) is 0. The minimum atomic E-state index is 0.266. The normalized spacial score (nSPS) is 10.4. The van der Waals surface area contributed by atoms with Gasteiger partial charge < -0.3 is 15.2 Å². The van der Waals surface area contributed by atoms with E-state index in [-0.39, 0.29) is 5.75 Å². The van der Waals surface area contributed by atoms with Crippen LogP contribution in [0.2, 0.25) is 0 Å². The molecule has 2 aromatic carbocycles. The third kappa shape index (κ3) is 4.00. The fourth-order valence-corrected chi connectivity index (χ4v) is 1.86. The first-order chi connectivity index (χ1) is 9.29. The van der Waals surface area contributed by atoms with E-state index in [4.69, 9.17) is 4.74 Å². The summed E-state index contributed by atoms with van der Waals surface area (Å²) in [7, 11) is 0. The molecule has 0 aliphatic heterocycles. The van der Waals surface area contributed by atoms with Gasteiger partial charge in [-0.15, -0.1) is 0 Å². The number of ether oxygens (including phenoxy) is 1. The lowest BCUT2D eigenvalue weighted by atomic mass is 10.2. The Morgan fingerprint density at radius 3 is 2.74 bits per heavy atom. The second kappa shape index (κ2) is 6.81. The zero-order valence-electron chi connectivity index (χ0n) is 11.1. The molecule has 100 valence electrons. The van der Waals surface area contributed by atoms with E-state index < -0.39 is 0 Å². The number of para-hydroxylation sites is 1. The molecule has 0 atom stereocenters. The van der Waals surface area contributed by atoms with E-state index in [2.05, 4.69) is 18.3 Å². The van der Waals surface area contributed by atoms with Gasteiger partial charge in [-0.2, -0.15) is 0 Å². The summed E-state index contributed by atoms with van der Waals surface area (Å²) < 4.78 is 5.82. The van der Waals surface area contributed by atoms with Crippen molar-refractivity contribution < 1.29 is 9.84 Å². The number of benzene rings is 2. The molecule has 2 aromatic rings. The van der Waals surface area contributed by atoms with Crippen LogP contribution in [0.5, 0.6) is 11.5 Å². The zero-order valence-corrected chi connectivity index (χ0v) is 11.1. The van der Waals surface area contributed by atoms with Crippen LogP contribution in [0, 0.1) is 0 Å². The summed E-state index contributed by atoms with van der Waals surface area (Å²) in [5.74, 6) is 1.15. The van der Waals surface area contributed by atoms with Gasteiger partial charge in [-0.3, -0.25) is 0 Å². The number of phenols is 1. The topological polar surface area (TPSA) is 41.5 Å². The van der Waals surface area contributed by atoms with E-state index in [0.29, 0.717) is 6.61 Å². The van der Waals surface area contributed by atoms with Gasteiger partial charge in [0.2, 0.25) is 0 Å². The highest BCUT2D eigenvalue weighted by Crippen LogP contribution is 2.20. The Morgan fingerprint density at radius 2 is 1.95 bits per heavy atom. The van der Waals surface area contributed by atoms with Crippen LogP contribution in [0.25, 0.3) is 0 Å². The zero-order chi connectivity index (χ0) is 13.5. The number of aromatic hydroxyl groups is 1. The van der Waals surface area contributed by atoms with Crippen LogP contribution >= 0.6 is 0 Å². The van der Waals surface area contributed by atoms with Gasteiger partial charge in [0.1, 0.15) is 18.1 Å². The number of nitrogens with one attached hydrogen (secondary N) is 1. The van der Waals surface area contributed by atoms with Crippen molar-refractivity contribution in [2.75, 3.05) is 6.54 Å². The van der Waals surface area contributed by atoms with Gasteiger partial charge >= 0.3 is 0 Å². The van der Waals surface area contributed by atoms with Gasteiger partial charge in [0, 0.05) is 12.1 Å². The molecule has 0 unspecified atom stereocenters. The quantitative estimate of drug-likeness (QED) is 0.835. The smallest absolute Gasteiger partial charge is 0.124 e. The van der Waals surface area contributed by atoms with Gasteiger partial charge in [-0.1, -0.05) is 37.3 Å². The summed E-state index contributed by atoms with van der Waals surface area (Å²) in [5.41, 5.74) is 2.10. The van der Waals surface area contributed by atoms with Gasteiger partial charge in [0.15, 0.2) is 0 Å². The first-order valence-corrected chi connectivity index (χ1v) is 6.49. The largest absolute Gasteiger partial charge is 0.508 e. The van der Waals surface area contributed by atoms with Gasteiger partial charge in [-0.05, 0) is 30.3 Å². The molecule has 0 aromatic heterocycles. The maximum Gasteiger partial charge on any atom is 0.124 e. The second-order valence-electron chi connectivity index (χ2n) is 4.35. The molecule has 0 heterocycles. The fraction of sp³-hybridized carbons (Fsp3) is 0.250. The first-order valence-electron chi connectivity index (χ1n) is 6.49. The third-order valence-corrected chi connectivity index (χ3v) is 2.84. The molecule has 0 saturated heterocycles. The Bertz CT molecular complexity index is 526. The summed E-state index contributed by atoms with van der Waals surface area (Å²) in [5, 5.41) is 12.7. The van der Waals surface area contributed by atoms with Crippen LogP contribution in [0.1, 0.15) is 18.1 Å². The van der Waals surface area contributed by atoms with E-state index >= 15 is 0 Å². The van der Waals surface area contributed by atoms with E-state index in [9.17, 15) is 5.11 Å². The Balaban J connectivity index is 2.02. The van der Waals surface area contributed by atoms with Crippen LogP contribution in [0.3, 0.4) is 0 Å². The van der Waals surface area contributed by atoms with E-state index in [0.717, 1.165) is 30.0 Å². The van der Waals surface area contributed by atoms with Crippen LogP contribution in [0.15, 0.2) is 48.5 Å². The molecule has 0 aliphatic carbocycles. The van der Waals surface area contributed by atoms with E-state index in [1.807, 2.05) is 30.3 Å². The summed E-state index contributed by atoms with van der Waals surface area (Å²) in [6, 6.07) is 15.1. The van der Waals surface area contributed by atoms with Crippen molar-refractivity contribution in [2.45, 2.75) is 20.1 Å². The highest BCUT2D eigenvalue weighted by Gasteiger charge is 2.03. The molecule has 0 aliphatic rings. The minimum Gasteiger partial charge on any atom is -0.508 e. The molecule has 2 N–H and O–H groups in total. The van der Waals surface area contributed by atoms with Crippen LogP contribution in [0.4, 0.5) is 0 Å². The summed E-state index contributed by atoms with van der Waals surface area (Å²) >= 11 is 0. The van der Waals surface area contributed by atoms with Crippen LogP contribution in [-0.2, 0) is 13.2 Å². The maximum absolute atomic E-state index is 9.42. The average Bonchev–Trinajstić information content (AvgIpc) is 2.44. The molecule has 2 rings (SSSR count). The molecule has 3 nitrogen and oxygen atoms in total. The lowest BCUT2D eigenvalue weighted by Crippen LogP contribution is -2.12. The highest BCUT2D eigenvalue weighted by molar-refractivity contribution is 5.34. The molecule has 3 heteroatoms. The number of phenolic OH excluding ortho intramolecular Hbond substituents is 1. The maximum atomic E-state index is 9.42. The predicted molar refractivity (Wildman–Crippen MR) is 76.3 cm³/mol. The molecular formula is C16H19NO2. The van der Waals surface area contributed by atoms with Gasteiger partial charge in [0.05, 0.1) is 0 Å². The lowest BCUT2D eigenvalue weighted by Gasteiger charge is -2.12. The van der Waals surface area contributed by atoms with Gasteiger partial charge in [0.25, 0.3) is 0 Å². The molecule has 19 heavy (non-hydrogen) atoms. The van der Waals surface area contributed by atoms with E-state index in [1.165, 1.54) is 0 Å². The standard InChI is InChI=1S/C16H19NO2/c1-2-17-11-14-7-3-4-9-16(14)19-12-13-6-5-8-15(18)10-13/h3-10,17-18H,2,11-12H2,1H3. The second-order valence-corrected chi connectivity index (χ2v) is 4.35. The Labute approximate surface area is 113 Å². The average molecular weight is 257 g/mol. The van der Waals surface area contributed by atoms with Crippen molar-refractivity contribution in [3.8, 4) is 11.5 Å². The molecule has 0 saturated carbocycles. The molecule has 0 spiro atoms. The monoisotopic (exact) mass is 257 g/mol. The van der Waals surface area contributed by atoms with Crippen molar-refractivity contribution in [3.63, 3.8) is 0 Å². The molecule has 0 radical (unpaired) electrons. The van der Waals surface area contributed by atoms with Gasteiger partial charge in [-0.25, -0.2) is 0 Å². The summed E-state index contributed by atoms with van der Waals surface area (Å²) in [6.45, 7) is 4.27. The summed E-state index contributed by atoms with van der Waals surface area (Å²) in [6.07, 6.45) is 0. The SMILES string of the molecule is CCNCc1ccccc1OCc1cccc(O)c1. The van der Waals surface area contributed by atoms with Crippen LogP contribution < -0.4 is 10.1 Å². The number of hydrogen-bond acceptors (Lipinski definition) is 3. The van der Waals surface area contributed by atoms with Crippen molar-refractivity contribution in [1.29, 1.82) is 0 Å². The Morgan fingerprint density at radius 1 is 1.11 bits per heavy atom. The van der Waals surface area contributed by atoms with Crippen molar-refractivity contribution in [1.82, 2.24) is 5.32 Å². The fourth-order valence-electron chi connectivity index (χ4n) is 1.86. The lowest BCUT2D eigenvalue weighted by molar-refractivity contribution is 0.301. The third-order valence-electron chi connectivity index (χ3n) is 2.84. The first kappa shape index (κ1) is 13.4. The number of hydrogen-bond donors (Lipinski definition) is 2. The van der Waals surface area contributed by atoms with Crippen LogP contribution in [-0.4, -0.2) is 11.7 Å². The molecule has 0 fully saturated rings. The van der Waals surface area contributed by atoms with Crippen molar-refractivity contribution >= 4 is 0 Å². The molecule has 0 amide bonds. The Kier molecular flexibility index (Phi) is 4.81. The predicted octanol–water partition coefficient (Wildman–Crippen LogP) is 3.08. The molecule has 0 bridgehead atoms. The molecular weight excluding hydrogens is 238 g/mol. The van der Waals surface area contributed by atoms with Crippen molar-refractivity contribution in [3.05, 3.63) is 59.7 Å². The highest BCUT2D eigenvalue weighted by atomic mass is 16.5. The minimum absolute atomic E-state index is 0.266. The number of rotatable bonds is 6. The Hall–Kier alpha value is -2.00.